The first-order valence-corrected chi connectivity index (χ1v) is 8.87. The molecule has 3 aromatic rings. The van der Waals surface area contributed by atoms with Crippen LogP contribution in [-0.4, -0.2) is 10.5 Å². The van der Waals surface area contributed by atoms with Crippen molar-refractivity contribution in [2.24, 2.45) is 0 Å². The quantitative estimate of drug-likeness (QED) is 0.515. The van der Waals surface area contributed by atoms with Gasteiger partial charge in [-0.15, -0.1) is 0 Å². The predicted molar refractivity (Wildman–Crippen MR) is 101 cm³/mol. The van der Waals surface area contributed by atoms with Crippen LogP contribution >= 0.6 is 0 Å². The topological polar surface area (TPSA) is 57.8 Å². The molecule has 0 atom stereocenters. The second-order valence-electron chi connectivity index (χ2n) is 7.34. The first-order valence-electron chi connectivity index (χ1n) is 8.87. The standard InChI is InChI=1S/C21H15F6N3O/c1-19(2,30-8-7-12-9-14(20(22,23)24)4-6-17(12)30)18(31)29-15-5-3-13(11-28)16(10-15)21(25,26)27/h3-10H,1-2H3,(H,29,31). The number of carbonyl (C=O) groups is 1. The zero-order chi connectivity index (χ0) is 23.2. The van der Waals surface area contributed by atoms with Crippen molar-refractivity contribution in [1.29, 1.82) is 5.26 Å². The molecular weight excluding hydrogens is 424 g/mol. The Balaban J connectivity index is 1.94. The van der Waals surface area contributed by atoms with Gasteiger partial charge in [0.15, 0.2) is 0 Å². The van der Waals surface area contributed by atoms with E-state index >= 15 is 0 Å². The molecule has 0 unspecified atom stereocenters. The molecule has 0 saturated carbocycles. The lowest BCUT2D eigenvalue weighted by atomic mass is 10.0. The molecule has 0 aliphatic heterocycles. The van der Waals surface area contributed by atoms with E-state index in [2.05, 4.69) is 5.32 Å². The van der Waals surface area contributed by atoms with E-state index in [4.69, 9.17) is 5.26 Å². The number of nitriles is 1. The maximum atomic E-state index is 13.2. The molecule has 1 aromatic heterocycles. The van der Waals surface area contributed by atoms with Gasteiger partial charge in [0, 0.05) is 22.8 Å². The average molecular weight is 439 g/mol. The van der Waals surface area contributed by atoms with E-state index in [0.717, 1.165) is 18.2 Å². The summed E-state index contributed by atoms with van der Waals surface area (Å²) in [6, 6.07) is 8.74. The van der Waals surface area contributed by atoms with Gasteiger partial charge in [-0.05, 0) is 56.3 Å². The number of aromatic nitrogens is 1. The highest BCUT2D eigenvalue weighted by Crippen LogP contribution is 2.35. The van der Waals surface area contributed by atoms with E-state index in [0.29, 0.717) is 11.6 Å². The van der Waals surface area contributed by atoms with Gasteiger partial charge in [-0.25, -0.2) is 0 Å². The van der Waals surface area contributed by atoms with Crippen LogP contribution in [0.5, 0.6) is 0 Å². The summed E-state index contributed by atoms with van der Waals surface area (Å²) in [4.78, 5) is 12.9. The fourth-order valence-electron chi connectivity index (χ4n) is 3.15. The summed E-state index contributed by atoms with van der Waals surface area (Å²) >= 11 is 0. The van der Waals surface area contributed by atoms with E-state index < -0.39 is 40.5 Å². The van der Waals surface area contributed by atoms with Crippen molar-refractivity contribution in [2.75, 3.05) is 5.32 Å². The van der Waals surface area contributed by atoms with Gasteiger partial charge >= 0.3 is 12.4 Å². The molecule has 0 radical (unpaired) electrons. The normalized spacial score (nSPS) is 12.6. The number of carbonyl (C=O) groups excluding carboxylic acids is 1. The monoisotopic (exact) mass is 439 g/mol. The minimum atomic E-state index is -4.78. The number of nitrogens with zero attached hydrogens (tertiary/aromatic N) is 2. The summed E-state index contributed by atoms with van der Waals surface area (Å²) in [7, 11) is 0. The van der Waals surface area contributed by atoms with E-state index in [9.17, 15) is 31.1 Å². The molecule has 0 spiro atoms. The van der Waals surface area contributed by atoms with E-state index in [1.54, 1.807) is 0 Å². The molecule has 0 aliphatic carbocycles. The lowest BCUT2D eigenvalue weighted by molar-refractivity contribution is -0.138. The predicted octanol–water partition coefficient (Wildman–Crippen LogP) is 5.92. The minimum Gasteiger partial charge on any atom is -0.333 e. The molecule has 10 heteroatoms. The smallest absolute Gasteiger partial charge is 0.333 e. The minimum absolute atomic E-state index is 0.166. The maximum absolute atomic E-state index is 13.2. The highest BCUT2D eigenvalue weighted by molar-refractivity contribution is 5.97. The lowest BCUT2D eigenvalue weighted by Gasteiger charge is -2.27. The fourth-order valence-corrected chi connectivity index (χ4v) is 3.15. The summed E-state index contributed by atoms with van der Waals surface area (Å²) < 4.78 is 79.7. The molecule has 0 saturated heterocycles. The Labute approximate surface area is 172 Å². The van der Waals surface area contributed by atoms with Crippen molar-refractivity contribution >= 4 is 22.5 Å². The summed E-state index contributed by atoms with van der Waals surface area (Å²) in [5.41, 5.74) is -3.77. The highest BCUT2D eigenvalue weighted by atomic mass is 19.4. The Morgan fingerprint density at radius 2 is 1.65 bits per heavy atom. The number of benzene rings is 2. The van der Waals surface area contributed by atoms with Crippen LogP contribution in [0.2, 0.25) is 0 Å². The third kappa shape index (κ3) is 4.21. The van der Waals surface area contributed by atoms with Crippen molar-refractivity contribution in [3.8, 4) is 6.07 Å². The molecule has 3 rings (SSSR count). The van der Waals surface area contributed by atoms with Crippen LogP contribution in [0.25, 0.3) is 10.9 Å². The number of nitrogens with one attached hydrogen (secondary N) is 1. The van der Waals surface area contributed by atoms with Crippen LogP contribution in [0, 0.1) is 11.3 Å². The van der Waals surface area contributed by atoms with Crippen LogP contribution in [0.4, 0.5) is 32.0 Å². The highest BCUT2D eigenvalue weighted by Gasteiger charge is 2.36. The number of halogens is 6. The zero-order valence-electron chi connectivity index (χ0n) is 16.2. The van der Waals surface area contributed by atoms with Gasteiger partial charge in [0.1, 0.15) is 5.54 Å². The van der Waals surface area contributed by atoms with Crippen molar-refractivity contribution in [2.45, 2.75) is 31.7 Å². The Morgan fingerprint density at radius 1 is 0.968 bits per heavy atom. The summed E-state index contributed by atoms with van der Waals surface area (Å²) in [6.45, 7) is 2.96. The number of rotatable bonds is 3. The first kappa shape index (κ1) is 22.2. The number of hydrogen-bond acceptors (Lipinski definition) is 2. The van der Waals surface area contributed by atoms with E-state index in [1.165, 1.54) is 48.9 Å². The SMILES string of the molecule is CC(C)(C(=O)Nc1ccc(C#N)c(C(F)(F)F)c1)n1ccc2cc(C(F)(F)F)ccc21. The number of alkyl halides is 6. The third-order valence-electron chi connectivity index (χ3n) is 4.88. The number of amides is 1. The van der Waals surface area contributed by atoms with Gasteiger partial charge in [-0.3, -0.25) is 4.79 Å². The van der Waals surface area contributed by atoms with Crippen LogP contribution < -0.4 is 5.32 Å². The number of anilines is 1. The molecule has 4 nitrogen and oxygen atoms in total. The first-order chi connectivity index (χ1) is 14.2. The molecule has 2 aromatic carbocycles. The van der Waals surface area contributed by atoms with Crippen molar-refractivity contribution in [3.63, 3.8) is 0 Å². The van der Waals surface area contributed by atoms with Gasteiger partial charge in [0.25, 0.3) is 0 Å². The van der Waals surface area contributed by atoms with E-state index in [-0.39, 0.29) is 11.1 Å². The summed E-state index contributed by atoms with van der Waals surface area (Å²) in [5, 5.41) is 11.5. The van der Waals surface area contributed by atoms with E-state index in [1.807, 2.05) is 0 Å². The Bertz CT molecular complexity index is 1200. The van der Waals surface area contributed by atoms with Crippen LogP contribution in [-0.2, 0) is 22.7 Å². The van der Waals surface area contributed by atoms with Gasteiger partial charge < -0.3 is 9.88 Å². The summed E-state index contributed by atoms with van der Waals surface area (Å²) in [5.74, 6) is -0.692. The van der Waals surface area contributed by atoms with Crippen LogP contribution in [0.3, 0.4) is 0 Å². The van der Waals surface area contributed by atoms with Crippen LogP contribution in [0.15, 0.2) is 48.7 Å². The lowest BCUT2D eigenvalue weighted by Crippen LogP contribution is -2.39. The molecule has 0 fully saturated rings. The van der Waals surface area contributed by atoms with Gasteiger partial charge in [-0.2, -0.15) is 31.6 Å². The fraction of sp³-hybridized carbons (Fsp3) is 0.238. The number of hydrogen-bond donors (Lipinski definition) is 1. The Hall–Kier alpha value is -3.48. The summed E-state index contributed by atoms with van der Waals surface area (Å²) in [6.07, 6.45) is -7.87. The van der Waals surface area contributed by atoms with Gasteiger partial charge in [0.2, 0.25) is 5.91 Å². The third-order valence-corrected chi connectivity index (χ3v) is 4.88. The molecule has 0 aliphatic rings. The van der Waals surface area contributed by atoms with Crippen molar-refractivity contribution in [3.05, 3.63) is 65.4 Å². The molecule has 1 heterocycles. The number of fused-ring (bicyclic) bond motifs is 1. The Morgan fingerprint density at radius 3 is 2.23 bits per heavy atom. The molecule has 31 heavy (non-hydrogen) atoms. The maximum Gasteiger partial charge on any atom is 0.417 e. The van der Waals surface area contributed by atoms with Crippen molar-refractivity contribution < 1.29 is 31.1 Å². The molecule has 1 N–H and O–H groups in total. The van der Waals surface area contributed by atoms with Gasteiger partial charge in [-0.1, -0.05) is 0 Å². The zero-order valence-corrected chi connectivity index (χ0v) is 16.2. The molecule has 162 valence electrons. The molecular formula is C21H15F6N3O. The molecule has 0 bridgehead atoms. The second kappa shape index (κ2) is 7.34. The Kier molecular flexibility index (Phi) is 5.26. The average Bonchev–Trinajstić information content (AvgIpc) is 3.10. The van der Waals surface area contributed by atoms with Crippen molar-refractivity contribution in [1.82, 2.24) is 4.57 Å². The second-order valence-corrected chi connectivity index (χ2v) is 7.34. The van der Waals surface area contributed by atoms with Crippen LogP contribution in [0.1, 0.15) is 30.5 Å². The van der Waals surface area contributed by atoms with Gasteiger partial charge in [0.05, 0.1) is 22.8 Å². The largest absolute Gasteiger partial charge is 0.417 e. The molecule has 1 amide bonds.